The summed E-state index contributed by atoms with van der Waals surface area (Å²) in [7, 11) is 3.15. The Balaban J connectivity index is 2.11. The lowest BCUT2D eigenvalue weighted by molar-refractivity contribution is -0.146. The molecule has 0 aromatic carbocycles. The van der Waals surface area contributed by atoms with Crippen molar-refractivity contribution in [2.24, 2.45) is 13.0 Å². The summed E-state index contributed by atoms with van der Waals surface area (Å²) in [4.78, 5) is 25.6. The Morgan fingerprint density at radius 1 is 1.47 bits per heavy atom. The Kier molecular flexibility index (Phi) is 4.14. The van der Waals surface area contributed by atoms with Crippen molar-refractivity contribution in [3.8, 4) is 0 Å². The zero-order chi connectivity index (χ0) is 14.0. The average Bonchev–Trinajstić information content (AvgIpc) is 2.76. The molecule has 6 heteroatoms. The van der Waals surface area contributed by atoms with Crippen molar-refractivity contribution in [2.75, 3.05) is 20.2 Å². The Morgan fingerprint density at radius 3 is 2.79 bits per heavy atom. The minimum Gasteiger partial charge on any atom is -0.469 e. The van der Waals surface area contributed by atoms with E-state index in [1.807, 2.05) is 0 Å². The van der Waals surface area contributed by atoms with Gasteiger partial charge < -0.3 is 14.2 Å². The molecule has 1 fully saturated rings. The monoisotopic (exact) mass is 284 g/mol. The van der Waals surface area contributed by atoms with Crippen LogP contribution in [0.25, 0.3) is 0 Å². The number of carbonyl (C=O) groups excluding carboxylic acids is 2. The highest BCUT2D eigenvalue weighted by molar-refractivity contribution is 6.31. The molecule has 19 heavy (non-hydrogen) atoms. The first-order chi connectivity index (χ1) is 9.02. The van der Waals surface area contributed by atoms with Crippen molar-refractivity contribution < 1.29 is 14.3 Å². The number of esters is 1. The van der Waals surface area contributed by atoms with Gasteiger partial charge in [0.05, 0.1) is 18.1 Å². The first kappa shape index (κ1) is 13.9. The van der Waals surface area contributed by atoms with E-state index in [9.17, 15) is 9.59 Å². The topological polar surface area (TPSA) is 51.5 Å². The van der Waals surface area contributed by atoms with Crippen LogP contribution < -0.4 is 0 Å². The maximum atomic E-state index is 12.4. The van der Waals surface area contributed by atoms with Crippen molar-refractivity contribution >= 4 is 23.5 Å². The van der Waals surface area contributed by atoms with Crippen molar-refractivity contribution in [3.05, 3.63) is 23.0 Å². The summed E-state index contributed by atoms with van der Waals surface area (Å²) in [6.07, 6.45) is 3.27. The zero-order valence-electron chi connectivity index (χ0n) is 11.1. The van der Waals surface area contributed by atoms with Crippen molar-refractivity contribution in [3.63, 3.8) is 0 Å². The van der Waals surface area contributed by atoms with E-state index in [-0.39, 0.29) is 17.8 Å². The number of piperidine rings is 1. The molecule has 1 aliphatic heterocycles. The van der Waals surface area contributed by atoms with Crippen LogP contribution in [0.2, 0.25) is 5.02 Å². The molecule has 1 aromatic rings. The molecule has 0 aliphatic carbocycles. The van der Waals surface area contributed by atoms with Crippen LogP contribution in [0.3, 0.4) is 0 Å². The van der Waals surface area contributed by atoms with Gasteiger partial charge in [-0.3, -0.25) is 9.59 Å². The van der Waals surface area contributed by atoms with Crippen LogP contribution in [-0.2, 0) is 16.6 Å². The number of halogens is 1. The van der Waals surface area contributed by atoms with Crippen molar-refractivity contribution in [1.29, 1.82) is 0 Å². The quantitative estimate of drug-likeness (QED) is 0.777. The van der Waals surface area contributed by atoms with Gasteiger partial charge in [0.25, 0.3) is 5.91 Å². The third-order valence-electron chi connectivity index (χ3n) is 3.43. The second kappa shape index (κ2) is 5.65. The molecule has 2 rings (SSSR count). The molecule has 104 valence electrons. The third kappa shape index (κ3) is 2.92. The summed E-state index contributed by atoms with van der Waals surface area (Å²) in [6, 6.07) is 1.64. The predicted octanol–water partition coefficient (Wildman–Crippen LogP) is 1.70. The molecule has 1 amide bonds. The van der Waals surface area contributed by atoms with Crippen LogP contribution in [0.4, 0.5) is 0 Å². The fourth-order valence-corrected chi connectivity index (χ4v) is 2.67. The highest BCUT2D eigenvalue weighted by Gasteiger charge is 2.30. The second-order valence-electron chi connectivity index (χ2n) is 4.77. The summed E-state index contributed by atoms with van der Waals surface area (Å²) in [5.74, 6) is -0.566. The number of amides is 1. The lowest BCUT2D eigenvalue weighted by Gasteiger charge is -2.31. The lowest BCUT2D eigenvalue weighted by Crippen LogP contribution is -2.43. The van der Waals surface area contributed by atoms with Crippen LogP contribution in [0, 0.1) is 5.92 Å². The molecule has 0 radical (unpaired) electrons. The number of likely N-dealkylation sites (tertiary alicyclic amines) is 1. The molecule has 1 aromatic heterocycles. The van der Waals surface area contributed by atoms with Gasteiger partial charge in [-0.25, -0.2) is 0 Å². The number of hydrogen-bond acceptors (Lipinski definition) is 3. The Labute approximate surface area is 117 Å². The molecule has 0 N–H and O–H groups in total. The number of hydrogen-bond donors (Lipinski definition) is 0. The van der Waals surface area contributed by atoms with Gasteiger partial charge in [-0.05, 0) is 18.9 Å². The largest absolute Gasteiger partial charge is 0.469 e. The number of nitrogens with zero attached hydrogens (tertiary/aromatic N) is 2. The van der Waals surface area contributed by atoms with Gasteiger partial charge in [-0.15, -0.1) is 0 Å². The number of ether oxygens (including phenoxy) is 1. The van der Waals surface area contributed by atoms with E-state index in [4.69, 9.17) is 16.3 Å². The number of aromatic nitrogens is 1. The van der Waals surface area contributed by atoms with Crippen molar-refractivity contribution in [1.82, 2.24) is 9.47 Å². The molecular weight excluding hydrogens is 268 g/mol. The number of aryl methyl sites for hydroxylation is 1. The summed E-state index contributed by atoms with van der Waals surface area (Å²) < 4.78 is 6.45. The number of rotatable bonds is 2. The Hall–Kier alpha value is -1.49. The lowest BCUT2D eigenvalue weighted by atomic mass is 9.98. The predicted molar refractivity (Wildman–Crippen MR) is 71.1 cm³/mol. The SMILES string of the molecule is COC(=O)[C@H]1CCCN(C(=O)c2cc(Cl)cn2C)C1. The van der Waals surface area contributed by atoms with Crippen LogP contribution in [0.5, 0.6) is 0 Å². The molecule has 5 nitrogen and oxygen atoms in total. The standard InChI is InChI=1S/C13H17ClN2O3/c1-15-8-10(14)6-11(15)12(17)16-5-3-4-9(7-16)13(18)19-2/h6,8-9H,3-5,7H2,1-2H3/t9-/m0/s1. The highest BCUT2D eigenvalue weighted by atomic mass is 35.5. The summed E-state index contributed by atoms with van der Waals surface area (Å²) in [6.45, 7) is 1.07. The normalized spacial score (nSPS) is 19.3. The molecule has 0 saturated carbocycles. The molecule has 0 bridgehead atoms. The highest BCUT2D eigenvalue weighted by Crippen LogP contribution is 2.21. The first-order valence-electron chi connectivity index (χ1n) is 6.22. The zero-order valence-corrected chi connectivity index (χ0v) is 11.8. The van der Waals surface area contributed by atoms with E-state index >= 15 is 0 Å². The maximum Gasteiger partial charge on any atom is 0.310 e. The Morgan fingerprint density at radius 2 is 2.21 bits per heavy atom. The smallest absolute Gasteiger partial charge is 0.310 e. The van der Waals surface area contributed by atoms with E-state index in [2.05, 4.69) is 0 Å². The van der Waals surface area contributed by atoms with E-state index in [1.54, 1.807) is 28.8 Å². The molecule has 1 aliphatic rings. The molecule has 2 heterocycles. The van der Waals surface area contributed by atoms with Gasteiger partial charge in [0.2, 0.25) is 0 Å². The van der Waals surface area contributed by atoms with Gasteiger partial charge in [0.1, 0.15) is 5.69 Å². The Bertz CT molecular complexity index is 498. The molecule has 0 spiro atoms. The van der Waals surface area contributed by atoms with Crippen molar-refractivity contribution in [2.45, 2.75) is 12.8 Å². The second-order valence-corrected chi connectivity index (χ2v) is 5.20. The van der Waals surface area contributed by atoms with Gasteiger partial charge in [-0.2, -0.15) is 0 Å². The first-order valence-corrected chi connectivity index (χ1v) is 6.59. The number of carbonyl (C=O) groups is 2. The van der Waals surface area contributed by atoms with Gasteiger partial charge >= 0.3 is 5.97 Å². The molecule has 1 saturated heterocycles. The minimum absolute atomic E-state index is 0.0944. The molecule has 0 unspecified atom stereocenters. The fourth-order valence-electron chi connectivity index (χ4n) is 2.42. The van der Waals surface area contributed by atoms with Crippen LogP contribution in [0.1, 0.15) is 23.3 Å². The van der Waals surface area contributed by atoms with Crippen LogP contribution in [-0.4, -0.2) is 41.5 Å². The summed E-state index contributed by atoms with van der Waals surface area (Å²) in [5.41, 5.74) is 0.538. The molecule has 1 atom stereocenters. The average molecular weight is 285 g/mol. The van der Waals surface area contributed by atoms with Gasteiger partial charge in [0.15, 0.2) is 0 Å². The van der Waals surface area contributed by atoms with Crippen LogP contribution in [0.15, 0.2) is 12.3 Å². The molecular formula is C13H17ClN2O3. The van der Waals surface area contributed by atoms with E-state index in [0.717, 1.165) is 12.8 Å². The fraction of sp³-hybridized carbons (Fsp3) is 0.538. The minimum atomic E-state index is -0.248. The van der Waals surface area contributed by atoms with E-state index < -0.39 is 0 Å². The van der Waals surface area contributed by atoms with Gasteiger partial charge in [0, 0.05) is 26.3 Å². The summed E-state index contributed by atoms with van der Waals surface area (Å²) in [5, 5.41) is 0.535. The maximum absolute atomic E-state index is 12.4. The van der Waals surface area contributed by atoms with E-state index in [0.29, 0.717) is 23.8 Å². The number of methoxy groups -OCH3 is 1. The summed E-state index contributed by atoms with van der Waals surface area (Å²) >= 11 is 5.88. The third-order valence-corrected chi connectivity index (χ3v) is 3.64. The van der Waals surface area contributed by atoms with Crippen LogP contribution >= 0.6 is 11.6 Å². The van der Waals surface area contributed by atoms with E-state index in [1.165, 1.54) is 7.11 Å². The van der Waals surface area contributed by atoms with Gasteiger partial charge in [-0.1, -0.05) is 11.6 Å².